The predicted octanol–water partition coefficient (Wildman–Crippen LogP) is 4.09. The van der Waals surface area contributed by atoms with Gasteiger partial charge in [-0.25, -0.2) is 9.78 Å². The number of carbonyl (C=O) groups is 1. The third kappa shape index (κ3) is 2.80. The zero-order valence-electron chi connectivity index (χ0n) is 11.2. The van der Waals surface area contributed by atoms with Crippen molar-refractivity contribution in [3.63, 3.8) is 0 Å². The van der Waals surface area contributed by atoms with Gasteiger partial charge in [-0.05, 0) is 25.8 Å². The average molecular weight is 285 g/mol. The van der Waals surface area contributed by atoms with E-state index in [1.165, 1.54) is 11.6 Å². The molecule has 1 fully saturated rings. The van der Waals surface area contributed by atoms with E-state index >= 15 is 0 Å². The first-order valence-electron chi connectivity index (χ1n) is 6.62. The average Bonchev–Trinajstić information content (AvgIpc) is 3.18. The van der Waals surface area contributed by atoms with Gasteiger partial charge >= 0.3 is 5.97 Å². The molecule has 3 nitrogen and oxygen atoms in total. The molecule has 2 aromatic rings. The fraction of sp³-hybridized carbons (Fsp3) is 0.250. The van der Waals surface area contributed by atoms with Gasteiger partial charge in [0, 0.05) is 17.6 Å². The maximum Gasteiger partial charge on any atom is 0.328 e. The molecule has 1 heterocycles. The van der Waals surface area contributed by atoms with Gasteiger partial charge in [-0.1, -0.05) is 29.8 Å². The Labute approximate surface area is 121 Å². The van der Waals surface area contributed by atoms with Gasteiger partial charge in [-0.2, -0.15) is 0 Å². The summed E-state index contributed by atoms with van der Waals surface area (Å²) in [5, 5.41) is 9.74. The molecule has 3 rings (SSSR count). The Morgan fingerprint density at radius 3 is 2.65 bits per heavy atom. The minimum atomic E-state index is -0.919. The number of hydrogen-bond donors (Lipinski definition) is 1. The standard InChI is InChI=1S/C16H15NO2S/c1-10-2-4-12(5-3-10)16-17-15(11-6-7-11)13(20-16)8-9-14(18)19/h2-5,8-9,11H,6-7H2,1H3,(H,18,19)/b9-8+. The Morgan fingerprint density at radius 2 is 2.05 bits per heavy atom. The molecule has 1 aliphatic rings. The number of hydrogen-bond acceptors (Lipinski definition) is 3. The number of aliphatic carboxylic acids is 1. The van der Waals surface area contributed by atoms with Crippen LogP contribution in [-0.2, 0) is 4.79 Å². The molecular formula is C16H15NO2S. The number of aryl methyl sites for hydroxylation is 1. The lowest BCUT2D eigenvalue weighted by Gasteiger charge is -1.96. The molecule has 0 amide bonds. The molecule has 1 saturated carbocycles. The molecule has 0 saturated heterocycles. The Kier molecular flexibility index (Phi) is 3.40. The van der Waals surface area contributed by atoms with Gasteiger partial charge in [0.25, 0.3) is 0 Å². The third-order valence-corrected chi connectivity index (χ3v) is 4.41. The lowest BCUT2D eigenvalue weighted by Crippen LogP contribution is -1.87. The van der Waals surface area contributed by atoms with Crippen LogP contribution in [-0.4, -0.2) is 16.1 Å². The van der Waals surface area contributed by atoms with Crippen molar-refractivity contribution in [2.45, 2.75) is 25.7 Å². The predicted molar refractivity (Wildman–Crippen MR) is 80.9 cm³/mol. The van der Waals surface area contributed by atoms with Crippen LogP contribution in [0.15, 0.2) is 30.3 Å². The van der Waals surface area contributed by atoms with E-state index in [1.54, 1.807) is 17.4 Å². The van der Waals surface area contributed by atoms with E-state index in [1.807, 2.05) is 0 Å². The van der Waals surface area contributed by atoms with Crippen LogP contribution in [0, 0.1) is 6.92 Å². The molecular weight excluding hydrogens is 270 g/mol. The zero-order chi connectivity index (χ0) is 14.1. The van der Waals surface area contributed by atoms with Gasteiger partial charge in [-0.15, -0.1) is 11.3 Å². The lowest BCUT2D eigenvalue weighted by molar-refractivity contribution is -0.131. The van der Waals surface area contributed by atoms with E-state index in [4.69, 9.17) is 10.1 Å². The molecule has 1 aromatic heterocycles. The van der Waals surface area contributed by atoms with Crippen molar-refractivity contribution in [3.05, 3.63) is 46.5 Å². The van der Waals surface area contributed by atoms with E-state index in [9.17, 15) is 4.79 Å². The second kappa shape index (κ2) is 5.21. The zero-order valence-corrected chi connectivity index (χ0v) is 12.0. The van der Waals surface area contributed by atoms with Crippen molar-refractivity contribution in [3.8, 4) is 10.6 Å². The monoisotopic (exact) mass is 285 g/mol. The highest BCUT2D eigenvalue weighted by Crippen LogP contribution is 2.44. The molecule has 4 heteroatoms. The normalized spacial score (nSPS) is 14.8. The fourth-order valence-electron chi connectivity index (χ4n) is 2.08. The molecule has 1 N–H and O–H groups in total. The second-order valence-electron chi connectivity index (χ2n) is 5.08. The number of nitrogens with zero attached hydrogens (tertiary/aromatic N) is 1. The van der Waals surface area contributed by atoms with Crippen LogP contribution in [0.3, 0.4) is 0 Å². The molecule has 20 heavy (non-hydrogen) atoms. The maximum atomic E-state index is 10.7. The molecule has 1 aromatic carbocycles. The van der Waals surface area contributed by atoms with Gasteiger partial charge in [-0.3, -0.25) is 0 Å². The van der Waals surface area contributed by atoms with Crippen molar-refractivity contribution in [2.24, 2.45) is 0 Å². The van der Waals surface area contributed by atoms with Crippen molar-refractivity contribution in [1.29, 1.82) is 0 Å². The van der Waals surface area contributed by atoms with Crippen LogP contribution in [0.1, 0.15) is 34.9 Å². The van der Waals surface area contributed by atoms with Gasteiger partial charge in [0.15, 0.2) is 0 Å². The van der Waals surface area contributed by atoms with Crippen LogP contribution in [0.25, 0.3) is 16.6 Å². The molecule has 0 atom stereocenters. The molecule has 0 aliphatic heterocycles. The molecule has 1 aliphatic carbocycles. The Morgan fingerprint density at radius 1 is 1.35 bits per heavy atom. The third-order valence-electron chi connectivity index (χ3n) is 3.32. The van der Waals surface area contributed by atoms with Crippen molar-refractivity contribution < 1.29 is 9.90 Å². The molecule has 0 radical (unpaired) electrons. The molecule has 0 spiro atoms. The second-order valence-corrected chi connectivity index (χ2v) is 6.11. The van der Waals surface area contributed by atoms with Crippen molar-refractivity contribution in [1.82, 2.24) is 4.98 Å². The summed E-state index contributed by atoms with van der Waals surface area (Å²) in [5.41, 5.74) is 3.37. The Bertz CT molecular complexity index is 666. The lowest BCUT2D eigenvalue weighted by atomic mass is 10.1. The fourth-order valence-corrected chi connectivity index (χ4v) is 3.14. The van der Waals surface area contributed by atoms with Crippen LogP contribution in [0.5, 0.6) is 0 Å². The van der Waals surface area contributed by atoms with Crippen LogP contribution < -0.4 is 0 Å². The van der Waals surface area contributed by atoms with Gasteiger partial charge < -0.3 is 5.11 Å². The number of thiazole rings is 1. The summed E-state index contributed by atoms with van der Waals surface area (Å²) in [6.07, 6.45) is 5.18. The first-order valence-corrected chi connectivity index (χ1v) is 7.44. The highest BCUT2D eigenvalue weighted by molar-refractivity contribution is 7.16. The van der Waals surface area contributed by atoms with E-state index < -0.39 is 5.97 Å². The van der Waals surface area contributed by atoms with E-state index in [-0.39, 0.29) is 0 Å². The van der Waals surface area contributed by atoms with Gasteiger partial charge in [0.2, 0.25) is 0 Å². The van der Waals surface area contributed by atoms with Crippen LogP contribution in [0.4, 0.5) is 0 Å². The van der Waals surface area contributed by atoms with E-state index in [2.05, 4.69) is 31.2 Å². The first kappa shape index (κ1) is 13.1. The topological polar surface area (TPSA) is 50.2 Å². The summed E-state index contributed by atoms with van der Waals surface area (Å²) >= 11 is 1.57. The minimum Gasteiger partial charge on any atom is -0.478 e. The summed E-state index contributed by atoms with van der Waals surface area (Å²) < 4.78 is 0. The van der Waals surface area contributed by atoms with Crippen LogP contribution >= 0.6 is 11.3 Å². The van der Waals surface area contributed by atoms with Gasteiger partial charge in [0.1, 0.15) is 5.01 Å². The molecule has 0 bridgehead atoms. The summed E-state index contributed by atoms with van der Waals surface area (Å²) in [6.45, 7) is 2.06. The number of carboxylic acids is 1. The number of rotatable bonds is 4. The summed E-state index contributed by atoms with van der Waals surface area (Å²) in [5.74, 6) is -0.407. The maximum absolute atomic E-state index is 10.7. The molecule has 0 unspecified atom stereocenters. The summed E-state index contributed by atoms with van der Waals surface area (Å²) in [6, 6.07) is 8.27. The molecule has 102 valence electrons. The SMILES string of the molecule is Cc1ccc(-c2nc(C3CC3)c(/C=C/C(=O)O)s2)cc1. The minimum absolute atomic E-state index is 0.513. The first-order chi connectivity index (χ1) is 9.63. The largest absolute Gasteiger partial charge is 0.478 e. The number of benzene rings is 1. The smallest absolute Gasteiger partial charge is 0.328 e. The van der Waals surface area contributed by atoms with E-state index in [0.717, 1.165) is 34.0 Å². The van der Waals surface area contributed by atoms with Crippen molar-refractivity contribution in [2.75, 3.05) is 0 Å². The quantitative estimate of drug-likeness (QED) is 0.861. The van der Waals surface area contributed by atoms with Crippen molar-refractivity contribution >= 4 is 23.4 Å². The Hall–Kier alpha value is -1.94. The Balaban J connectivity index is 1.98. The number of carboxylic acid groups (broad SMARTS) is 1. The highest BCUT2D eigenvalue weighted by Gasteiger charge is 2.29. The summed E-state index contributed by atoms with van der Waals surface area (Å²) in [4.78, 5) is 16.4. The van der Waals surface area contributed by atoms with Crippen LogP contribution in [0.2, 0.25) is 0 Å². The highest BCUT2D eigenvalue weighted by atomic mass is 32.1. The summed E-state index contributed by atoms with van der Waals surface area (Å²) in [7, 11) is 0. The number of aromatic nitrogens is 1. The van der Waals surface area contributed by atoms with Gasteiger partial charge in [0.05, 0.1) is 10.6 Å². The van der Waals surface area contributed by atoms with E-state index in [0.29, 0.717) is 5.92 Å².